The van der Waals surface area contributed by atoms with Gasteiger partial charge >= 0.3 is 5.69 Å². The van der Waals surface area contributed by atoms with Crippen LogP contribution in [0.3, 0.4) is 0 Å². The van der Waals surface area contributed by atoms with E-state index in [1.807, 2.05) is 30.3 Å². The number of hydrogen-bond donors (Lipinski definition) is 0. The number of carbonyl (C=O) groups excluding carboxylic acids is 1. The van der Waals surface area contributed by atoms with Gasteiger partial charge in [-0.1, -0.05) is 53.5 Å². The molecule has 1 aromatic heterocycles. The molecule has 3 rings (SSSR count). The van der Waals surface area contributed by atoms with Crippen molar-refractivity contribution < 1.29 is 4.79 Å². The molecule has 0 aliphatic carbocycles. The lowest BCUT2D eigenvalue weighted by Gasteiger charge is -2.18. The number of benzene rings is 2. The number of nitrogens with zero attached hydrogens (tertiary/aromatic N) is 3. The molecule has 1 amide bonds. The number of halogens is 2. The zero-order valence-corrected chi connectivity index (χ0v) is 17.2. The Kier molecular flexibility index (Phi) is 6.56. The summed E-state index contributed by atoms with van der Waals surface area (Å²) in [6.07, 6.45) is 1.44. The highest BCUT2D eigenvalue weighted by molar-refractivity contribution is 6.34. The third kappa shape index (κ3) is 5.37. The van der Waals surface area contributed by atoms with E-state index in [4.69, 9.17) is 23.2 Å². The molecule has 150 valence electrons. The second-order valence-corrected chi connectivity index (χ2v) is 7.54. The monoisotopic (exact) mass is 431 g/mol. The summed E-state index contributed by atoms with van der Waals surface area (Å²) in [6.45, 7) is 0.210. The molecule has 8 heteroatoms. The molecule has 0 saturated carbocycles. The number of aromatic nitrogens is 2. The van der Waals surface area contributed by atoms with Crippen molar-refractivity contribution in [2.45, 2.75) is 19.6 Å². The Morgan fingerprint density at radius 2 is 1.62 bits per heavy atom. The van der Waals surface area contributed by atoms with Gasteiger partial charge in [-0.3, -0.25) is 18.7 Å². The van der Waals surface area contributed by atoms with Gasteiger partial charge in [-0.05, 0) is 29.3 Å². The fraction of sp³-hybridized carbons (Fsp3) is 0.190. The van der Waals surface area contributed by atoms with Crippen molar-refractivity contribution in [3.8, 4) is 0 Å². The third-order valence-corrected chi connectivity index (χ3v) is 4.83. The molecule has 0 spiro atoms. The normalized spacial score (nSPS) is 10.7. The number of hydrogen-bond acceptors (Lipinski definition) is 3. The predicted octanol–water partition coefficient (Wildman–Crippen LogP) is 3.02. The topological polar surface area (TPSA) is 64.3 Å². The molecule has 0 unspecified atom stereocenters. The first-order valence-corrected chi connectivity index (χ1v) is 9.62. The molecule has 29 heavy (non-hydrogen) atoms. The van der Waals surface area contributed by atoms with Crippen molar-refractivity contribution in [3.63, 3.8) is 0 Å². The van der Waals surface area contributed by atoms with E-state index in [0.717, 1.165) is 15.7 Å². The quantitative estimate of drug-likeness (QED) is 0.602. The summed E-state index contributed by atoms with van der Waals surface area (Å²) in [6, 6.07) is 15.7. The van der Waals surface area contributed by atoms with Crippen LogP contribution in [0.15, 0.2) is 70.4 Å². The fourth-order valence-corrected chi connectivity index (χ4v) is 3.49. The average Bonchev–Trinajstić information content (AvgIpc) is 2.67. The second-order valence-electron chi connectivity index (χ2n) is 6.66. The van der Waals surface area contributed by atoms with Crippen molar-refractivity contribution >= 4 is 29.1 Å². The summed E-state index contributed by atoms with van der Waals surface area (Å²) in [5, 5.41) is 0.938. The molecule has 2 aromatic carbocycles. The zero-order chi connectivity index (χ0) is 21.0. The summed E-state index contributed by atoms with van der Waals surface area (Å²) in [5.41, 5.74) is 0.613. The summed E-state index contributed by atoms with van der Waals surface area (Å²) in [7, 11) is 1.59. The minimum Gasteiger partial charge on any atom is -0.340 e. The Bertz CT molecular complexity index is 1120. The molecular formula is C21H19Cl2N3O3. The molecule has 0 aliphatic heterocycles. The SMILES string of the molecule is CN(Cc1cc(Cl)cc(Cl)c1)C(=O)Cn1c(=O)ccn(Cc2ccccc2)c1=O. The highest BCUT2D eigenvalue weighted by Crippen LogP contribution is 2.20. The van der Waals surface area contributed by atoms with E-state index in [9.17, 15) is 14.4 Å². The first-order chi connectivity index (χ1) is 13.8. The average molecular weight is 432 g/mol. The van der Waals surface area contributed by atoms with Gasteiger partial charge < -0.3 is 4.90 Å². The Morgan fingerprint density at radius 3 is 2.28 bits per heavy atom. The van der Waals surface area contributed by atoms with Gasteiger partial charge in [0.25, 0.3) is 5.56 Å². The van der Waals surface area contributed by atoms with Gasteiger partial charge in [0.2, 0.25) is 5.91 Å². The largest absolute Gasteiger partial charge is 0.340 e. The Labute approximate surface area is 177 Å². The van der Waals surface area contributed by atoms with E-state index >= 15 is 0 Å². The number of likely N-dealkylation sites (N-methyl/N-ethyl adjacent to an activating group) is 1. The van der Waals surface area contributed by atoms with Crippen LogP contribution >= 0.6 is 23.2 Å². The molecule has 0 bridgehead atoms. The predicted molar refractivity (Wildman–Crippen MR) is 113 cm³/mol. The lowest BCUT2D eigenvalue weighted by atomic mass is 10.2. The van der Waals surface area contributed by atoms with Crippen molar-refractivity contribution in [2.75, 3.05) is 7.05 Å². The van der Waals surface area contributed by atoms with Crippen LogP contribution < -0.4 is 11.2 Å². The molecule has 1 heterocycles. The van der Waals surface area contributed by atoms with Crippen LogP contribution in [-0.4, -0.2) is 27.0 Å². The molecule has 0 atom stereocenters. The smallest absolute Gasteiger partial charge is 0.331 e. The lowest BCUT2D eigenvalue weighted by Crippen LogP contribution is -2.43. The molecule has 0 fully saturated rings. The number of carbonyl (C=O) groups is 1. The Balaban J connectivity index is 1.78. The standard InChI is InChI=1S/C21H19Cl2N3O3/c1-24(12-16-9-17(22)11-18(23)10-16)20(28)14-26-19(27)7-8-25(21(26)29)13-15-5-3-2-4-6-15/h2-11H,12-14H2,1H3. The lowest BCUT2D eigenvalue weighted by molar-refractivity contribution is -0.131. The van der Waals surface area contributed by atoms with Crippen LogP contribution in [0.4, 0.5) is 0 Å². The Hall–Kier alpha value is -2.83. The Morgan fingerprint density at radius 1 is 0.966 bits per heavy atom. The molecule has 6 nitrogen and oxygen atoms in total. The maximum absolute atomic E-state index is 12.7. The van der Waals surface area contributed by atoms with Gasteiger partial charge in [0.05, 0.1) is 6.54 Å². The van der Waals surface area contributed by atoms with Gasteiger partial charge in [-0.25, -0.2) is 4.79 Å². The first-order valence-electron chi connectivity index (χ1n) is 8.86. The van der Waals surface area contributed by atoms with Crippen LogP contribution in [0.5, 0.6) is 0 Å². The maximum atomic E-state index is 12.7. The highest BCUT2D eigenvalue weighted by atomic mass is 35.5. The van der Waals surface area contributed by atoms with Crippen LogP contribution in [0, 0.1) is 0 Å². The van der Waals surface area contributed by atoms with E-state index in [0.29, 0.717) is 16.6 Å². The fourth-order valence-electron chi connectivity index (χ4n) is 2.92. The molecule has 0 N–H and O–H groups in total. The number of rotatable bonds is 6. The highest BCUT2D eigenvalue weighted by Gasteiger charge is 2.15. The minimum atomic E-state index is -0.533. The van der Waals surface area contributed by atoms with E-state index in [-0.39, 0.29) is 19.0 Å². The van der Waals surface area contributed by atoms with Gasteiger partial charge in [-0.2, -0.15) is 0 Å². The van der Waals surface area contributed by atoms with E-state index in [1.54, 1.807) is 25.2 Å². The van der Waals surface area contributed by atoms with Gasteiger partial charge in [0.1, 0.15) is 6.54 Å². The maximum Gasteiger partial charge on any atom is 0.331 e. The van der Waals surface area contributed by atoms with Crippen molar-refractivity contribution in [1.82, 2.24) is 14.0 Å². The summed E-state index contributed by atoms with van der Waals surface area (Å²) >= 11 is 12.0. The second kappa shape index (κ2) is 9.11. The van der Waals surface area contributed by atoms with Gasteiger partial charge in [0, 0.05) is 35.9 Å². The van der Waals surface area contributed by atoms with E-state index in [2.05, 4.69) is 0 Å². The van der Waals surface area contributed by atoms with Crippen LogP contribution in [0.25, 0.3) is 0 Å². The van der Waals surface area contributed by atoms with Crippen molar-refractivity contribution in [2.24, 2.45) is 0 Å². The summed E-state index contributed by atoms with van der Waals surface area (Å²) < 4.78 is 2.34. The van der Waals surface area contributed by atoms with Crippen molar-refractivity contribution in [1.29, 1.82) is 0 Å². The molecule has 0 saturated heterocycles. The zero-order valence-electron chi connectivity index (χ0n) is 15.7. The summed E-state index contributed by atoms with van der Waals surface area (Å²) in [5.74, 6) is -0.377. The molecule has 0 radical (unpaired) electrons. The van der Waals surface area contributed by atoms with Crippen molar-refractivity contribution in [3.05, 3.63) is 103 Å². The van der Waals surface area contributed by atoms with Crippen LogP contribution in [0.2, 0.25) is 10.0 Å². The minimum absolute atomic E-state index is 0.249. The van der Waals surface area contributed by atoms with Gasteiger partial charge in [0.15, 0.2) is 0 Å². The van der Waals surface area contributed by atoms with Crippen LogP contribution in [-0.2, 0) is 24.4 Å². The summed E-state index contributed by atoms with van der Waals surface area (Å²) in [4.78, 5) is 38.9. The van der Waals surface area contributed by atoms with Crippen LogP contribution in [0.1, 0.15) is 11.1 Å². The molecular weight excluding hydrogens is 413 g/mol. The first kappa shape index (κ1) is 20.9. The molecule has 3 aromatic rings. The molecule has 0 aliphatic rings. The van der Waals surface area contributed by atoms with Gasteiger partial charge in [-0.15, -0.1) is 0 Å². The third-order valence-electron chi connectivity index (χ3n) is 4.40. The number of amides is 1. The van der Waals surface area contributed by atoms with E-state index in [1.165, 1.54) is 21.7 Å². The van der Waals surface area contributed by atoms with E-state index < -0.39 is 11.2 Å².